The van der Waals surface area contributed by atoms with E-state index in [0.717, 1.165) is 5.56 Å². The molecule has 0 saturated carbocycles. The summed E-state index contributed by atoms with van der Waals surface area (Å²) in [6.07, 6.45) is 2.56. The summed E-state index contributed by atoms with van der Waals surface area (Å²) in [5.41, 5.74) is 1.63. The van der Waals surface area contributed by atoms with Crippen molar-refractivity contribution < 1.29 is 27.4 Å². The van der Waals surface area contributed by atoms with Gasteiger partial charge in [0.1, 0.15) is 6.10 Å². The quantitative estimate of drug-likeness (QED) is 0.663. The zero-order valence-electron chi connectivity index (χ0n) is 15.7. The molecular formula is C22H21F3O3. The van der Waals surface area contributed by atoms with Crippen molar-refractivity contribution in [1.82, 2.24) is 0 Å². The molecule has 2 unspecified atom stereocenters. The predicted octanol–water partition coefficient (Wildman–Crippen LogP) is 5.62. The summed E-state index contributed by atoms with van der Waals surface area (Å²) in [5, 5.41) is 0. The van der Waals surface area contributed by atoms with Gasteiger partial charge in [0, 0.05) is 17.0 Å². The van der Waals surface area contributed by atoms with Crippen molar-refractivity contribution in [3.63, 3.8) is 0 Å². The summed E-state index contributed by atoms with van der Waals surface area (Å²) in [6.45, 7) is 4.10. The Labute approximate surface area is 161 Å². The molecule has 1 aliphatic heterocycles. The summed E-state index contributed by atoms with van der Waals surface area (Å²) < 4.78 is 59.7. The Balaban J connectivity index is 1.65. The monoisotopic (exact) mass is 390 g/mol. The van der Waals surface area contributed by atoms with E-state index in [1.807, 2.05) is 6.07 Å². The molecule has 0 bridgehead atoms. The third-order valence-electron chi connectivity index (χ3n) is 5.22. The van der Waals surface area contributed by atoms with E-state index in [9.17, 15) is 13.2 Å². The van der Waals surface area contributed by atoms with Gasteiger partial charge in [-0.15, -0.1) is 0 Å². The number of rotatable bonds is 5. The molecule has 0 spiro atoms. The maximum atomic E-state index is 14.7. The van der Waals surface area contributed by atoms with Crippen LogP contribution in [0.1, 0.15) is 43.7 Å². The van der Waals surface area contributed by atoms with E-state index in [1.165, 1.54) is 12.1 Å². The van der Waals surface area contributed by atoms with E-state index < -0.39 is 23.6 Å². The first-order valence-corrected chi connectivity index (χ1v) is 9.48. The number of ether oxygens (including phenoxy) is 3. The van der Waals surface area contributed by atoms with Crippen LogP contribution in [-0.4, -0.2) is 19.3 Å². The Hall–Kier alpha value is -2.63. The predicted molar refractivity (Wildman–Crippen MR) is 99.5 cm³/mol. The lowest BCUT2D eigenvalue weighted by molar-refractivity contribution is 0.233. The lowest BCUT2D eigenvalue weighted by Gasteiger charge is -2.24. The summed E-state index contributed by atoms with van der Waals surface area (Å²) in [7, 11) is 0. The third kappa shape index (κ3) is 3.01. The molecule has 0 fully saturated rings. The van der Waals surface area contributed by atoms with Crippen LogP contribution in [0.15, 0.2) is 30.3 Å². The van der Waals surface area contributed by atoms with E-state index in [-0.39, 0.29) is 35.3 Å². The van der Waals surface area contributed by atoms with E-state index in [0.29, 0.717) is 25.0 Å². The average molecular weight is 390 g/mol. The summed E-state index contributed by atoms with van der Waals surface area (Å²) >= 11 is 0. The minimum atomic E-state index is -0.995. The van der Waals surface area contributed by atoms with Crippen molar-refractivity contribution in [3.05, 3.63) is 58.9 Å². The second-order valence-electron chi connectivity index (χ2n) is 6.82. The molecule has 0 aromatic heterocycles. The highest BCUT2D eigenvalue weighted by Gasteiger charge is 2.39. The van der Waals surface area contributed by atoms with E-state index in [4.69, 9.17) is 14.2 Å². The largest absolute Gasteiger partial charge is 0.491 e. The van der Waals surface area contributed by atoms with Crippen LogP contribution in [0.4, 0.5) is 13.2 Å². The second kappa shape index (κ2) is 7.41. The highest BCUT2D eigenvalue weighted by molar-refractivity contribution is 5.69. The lowest BCUT2D eigenvalue weighted by Crippen LogP contribution is -2.20. The zero-order valence-corrected chi connectivity index (χ0v) is 15.7. The van der Waals surface area contributed by atoms with Crippen LogP contribution >= 0.6 is 0 Å². The molecule has 0 N–H and O–H groups in total. The smallest absolute Gasteiger partial charge is 0.207 e. The molecule has 2 atom stereocenters. The molecule has 1 heterocycles. The van der Waals surface area contributed by atoms with Gasteiger partial charge >= 0.3 is 0 Å². The van der Waals surface area contributed by atoms with Crippen LogP contribution in [0.2, 0.25) is 0 Å². The van der Waals surface area contributed by atoms with E-state index in [1.54, 1.807) is 26.0 Å². The molecule has 148 valence electrons. The molecule has 28 heavy (non-hydrogen) atoms. The molecular weight excluding hydrogens is 369 g/mol. The minimum Gasteiger partial charge on any atom is -0.491 e. The molecule has 3 nitrogen and oxygen atoms in total. The van der Waals surface area contributed by atoms with Gasteiger partial charge in [-0.1, -0.05) is 6.07 Å². The summed E-state index contributed by atoms with van der Waals surface area (Å²) in [4.78, 5) is 0. The highest BCUT2D eigenvalue weighted by atomic mass is 19.2. The van der Waals surface area contributed by atoms with Crippen LogP contribution in [0.25, 0.3) is 5.57 Å². The second-order valence-corrected chi connectivity index (χ2v) is 6.82. The van der Waals surface area contributed by atoms with Crippen LogP contribution in [0.3, 0.4) is 0 Å². The summed E-state index contributed by atoms with van der Waals surface area (Å²) in [5.74, 6) is -2.21. The van der Waals surface area contributed by atoms with Crippen molar-refractivity contribution >= 4 is 5.57 Å². The van der Waals surface area contributed by atoms with Gasteiger partial charge in [-0.25, -0.2) is 4.39 Å². The fourth-order valence-corrected chi connectivity index (χ4v) is 3.96. The number of fused-ring (bicyclic) bond motifs is 3. The number of hydrogen-bond acceptors (Lipinski definition) is 3. The Morgan fingerprint density at radius 1 is 0.929 bits per heavy atom. The maximum Gasteiger partial charge on any atom is 0.207 e. The Bertz CT molecular complexity index is 939. The molecule has 2 aliphatic rings. The van der Waals surface area contributed by atoms with Gasteiger partial charge in [0.25, 0.3) is 0 Å². The van der Waals surface area contributed by atoms with Gasteiger partial charge in [0.2, 0.25) is 11.6 Å². The zero-order chi connectivity index (χ0) is 19.8. The number of halogens is 3. The number of allylic oxidation sites excluding steroid dienone is 1. The lowest BCUT2D eigenvalue weighted by atomic mass is 9.82. The van der Waals surface area contributed by atoms with Crippen molar-refractivity contribution in [2.45, 2.75) is 38.7 Å². The molecule has 2 aromatic rings. The van der Waals surface area contributed by atoms with Gasteiger partial charge in [-0.2, -0.15) is 8.78 Å². The first kappa shape index (κ1) is 18.7. The van der Waals surface area contributed by atoms with Crippen molar-refractivity contribution in [2.24, 2.45) is 0 Å². The molecule has 0 saturated heterocycles. The average Bonchev–Trinajstić information content (AvgIpc) is 3.07. The summed E-state index contributed by atoms with van der Waals surface area (Å²) in [6, 6.07) is 6.39. The molecule has 2 aromatic carbocycles. The topological polar surface area (TPSA) is 27.7 Å². The molecule has 1 aliphatic carbocycles. The fourth-order valence-electron chi connectivity index (χ4n) is 3.96. The standard InChI is InChI=1S/C22H21F3O3/c1-3-26-16-9-7-13(19(23)20(16)24)12-5-6-14-15-8-10-17(27-4-2)21(25)22(15)28-18(14)11-12/h7-11,14,18H,3-6H2,1-2H3. The Morgan fingerprint density at radius 2 is 1.61 bits per heavy atom. The van der Waals surface area contributed by atoms with Gasteiger partial charge in [0.15, 0.2) is 23.1 Å². The molecule has 6 heteroatoms. The molecule has 0 amide bonds. The first-order chi connectivity index (χ1) is 13.5. The first-order valence-electron chi connectivity index (χ1n) is 9.48. The SMILES string of the molecule is CCOc1ccc(C2=CC3Oc4c(ccc(OCC)c4F)C3CC2)c(F)c1F. The highest BCUT2D eigenvalue weighted by Crippen LogP contribution is 2.49. The Kier molecular flexibility index (Phi) is 4.96. The van der Waals surface area contributed by atoms with Crippen LogP contribution in [-0.2, 0) is 0 Å². The Morgan fingerprint density at radius 3 is 2.32 bits per heavy atom. The van der Waals surface area contributed by atoms with E-state index in [2.05, 4.69) is 0 Å². The molecule has 4 rings (SSSR count). The normalized spacial score (nSPS) is 20.1. The van der Waals surface area contributed by atoms with Crippen molar-refractivity contribution in [1.29, 1.82) is 0 Å². The number of benzene rings is 2. The van der Waals surface area contributed by atoms with Gasteiger partial charge in [-0.05, 0) is 56.5 Å². The van der Waals surface area contributed by atoms with Gasteiger partial charge in [-0.3, -0.25) is 0 Å². The van der Waals surface area contributed by atoms with Crippen molar-refractivity contribution in [2.75, 3.05) is 13.2 Å². The minimum absolute atomic E-state index is 0.0143. The van der Waals surface area contributed by atoms with Crippen LogP contribution in [0, 0.1) is 17.5 Å². The van der Waals surface area contributed by atoms with Gasteiger partial charge in [0.05, 0.1) is 13.2 Å². The van der Waals surface area contributed by atoms with Crippen LogP contribution < -0.4 is 14.2 Å². The number of hydrogen-bond donors (Lipinski definition) is 0. The molecule has 0 radical (unpaired) electrons. The van der Waals surface area contributed by atoms with Crippen molar-refractivity contribution in [3.8, 4) is 17.2 Å². The third-order valence-corrected chi connectivity index (χ3v) is 5.22. The fraction of sp³-hybridized carbons (Fsp3) is 0.364. The van der Waals surface area contributed by atoms with Gasteiger partial charge < -0.3 is 14.2 Å². The van der Waals surface area contributed by atoms with Crippen LogP contribution in [0.5, 0.6) is 17.2 Å². The van der Waals surface area contributed by atoms with E-state index >= 15 is 0 Å². The maximum absolute atomic E-state index is 14.7.